The van der Waals surface area contributed by atoms with Crippen molar-refractivity contribution in [2.75, 3.05) is 13.1 Å². The number of hydrogen-bond acceptors (Lipinski definition) is 4. The number of aromatic hydroxyl groups is 1. The molecular weight excluding hydrogens is 345 g/mol. The van der Waals surface area contributed by atoms with E-state index >= 15 is 0 Å². The Balaban J connectivity index is 1.51. The number of aliphatic hydroxyl groups excluding tert-OH is 2. The van der Waals surface area contributed by atoms with Gasteiger partial charge in [0.05, 0.1) is 12.2 Å². The SMILES string of the molecule is Oc1ccc([C@H](O)CN2CC3CC(O)CC3C2Cc2ccccc2)cc1F. The fourth-order valence-corrected chi connectivity index (χ4v) is 4.92. The molecule has 2 aromatic rings. The second-order valence-electron chi connectivity index (χ2n) is 7.99. The van der Waals surface area contributed by atoms with Crippen molar-refractivity contribution >= 4 is 0 Å². The number of benzene rings is 2. The molecule has 0 aromatic heterocycles. The first-order valence-corrected chi connectivity index (χ1v) is 9.63. The van der Waals surface area contributed by atoms with Crippen molar-refractivity contribution in [2.24, 2.45) is 11.8 Å². The van der Waals surface area contributed by atoms with Crippen molar-refractivity contribution in [1.82, 2.24) is 4.90 Å². The van der Waals surface area contributed by atoms with Crippen molar-refractivity contribution < 1.29 is 19.7 Å². The number of hydrogen-bond donors (Lipinski definition) is 3. The molecule has 5 atom stereocenters. The molecule has 144 valence electrons. The molecule has 5 heteroatoms. The molecule has 1 heterocycles. The summed E-state index contributed by atoms with van der Waals surface area (Å²) in [5.74, 6) is -0.257. The Morgan fingerprint density at radius 3 is 2.63 bits per heavy atom. The van der Waals surface area contributed by atoms with Gasteiger partial charge in [0, 0.05) is 19.1 Å². The number of fused-ring (bicyclic) bond motifs is 1. The molecule has 1 saturated heterocycles. The zero-order valence-corrected chi connectivity index (χ0v) is 15.2. The van der Waals surface area contributed by atoms with Crippen molar-refractivity contribution in [2.45, 2.75) is 37.5 Å². The van der Waals surface area contributed by atoms with Gasteiger partial charge in [-0.15, -0.1) is 0 Å². The Bertz CT molecular complexity index is 784. The molecule has 0 radical (unpaired) electrons. The minimum atomic E-state index is -0.817. The van der Waals surface area contributed by atoms with Gasteiger partial charge in [0.15, 0.2) is 11.6 Å². The van der Waals surface area contributed by atoms with Gasteiger partial charge in [-0.05, 0) is 54.4 Å². The average Bonchev–Trinajstić information content (AvgIpc) is 3.15. The van der Waals surface area contributed by atoms with Crippen LogP contribution in [-0.2, 0) is 6.42 Å². The molecule has 27 heavy (non-hydrogen) atoms. The Kier molecular flexibility index (Phi) is 5.17. The van der Waals surface area contributed by atoms with Crippen LogP contribution in [0.3, 0.4) is 0 Å². The fourth-order valence-electron chi connectivity index (χ4n) is 4.92. The molecule has 3 N–H and O–H groups in total. The molecule has 4 nitrogen and oxygen atoms in total. The molecule has 0 amide bonds. The summed E-state index contributed by atoms with van der Waals surface area (Å²) in [6.45, 7) is 1.27. The molecule has 2 aliphatic rings. The fraction of sp³-hybridized carbons (Fsp3) is 0.455. The first-order chi connectivity index (χ1) is 13.0. The van der Waals surface area contributed by atoms with Gasteiger partial charge < -0.3 is 15.3 Å². The summed E-state index contributed by atoms with van der Waals surface area (Å²) in [6.07, 6.45) is 1.46. The molecule has 4 rings (SSSR count). The normalized spacial score (nSPS) is 29.0. The molecule has 4 unspecified atom stereocenters. The number of phenols is 1. The van der Waals surface area contributed by atoms with Crippen LogP contribution in [0, 0.1) is 17.7 Å². The molecule has 1 saturated carbocycles. The van der Waals surface area contributed by atoms with Gasteiger partial charge in [-0.25, -0.2) is 4.39 Å². The van der Waals surface area contributed by atoms with E-state index in [9.17, 15) is 19.7 Å². The molecular formula is C22H26FNO3. The van der Waals surface area contributed by atoms with E-state index in [0.29, 0.717) is 23.9 Å². The van der Waals surface area contributed by atoms with E-state index in [1.807, 2.05) is 18.2 Å². The maximum atomic E-state index is 13.6. The lowest BCUT2D eigenvalue weighted by atomic mass is 9.90. The maximum Gasteiger partial charge on any atom is 0.165 e. The molecule has 2 aromatic carbocycles. The summed E-state index contributed by atoms with van der Waals surface area (Å²) < 4.78 is 13.6. The van der Waals surface area contributed by atoms with E-state index < -0.39 is 17.7 Å². The summed E-state index contributed by atoms with van der Waals surface area (Å²) in [5, 5.41) is 30.1. The topological polar surface area (TPSA) is 63.9 Å². The van der Waals surface area contributed by atoms with E-state index in [2.05, 4.69) is 17.0 Å². The highest BCUT2D eigenvalue weighted by Gasteiger charge is 2.47. The quantitative estimate of drug-likeness (QED) is 0.756. The highest BCUT2D eigenvalue weighted by molar-refractivity contribution is 5.29. The van der Waals surface area contributed by atoms with Gasteiger partial charge >= 0.3 is 0 Å². The van der Waals surface area contributed by atoms with E-state index in [1.165, 1.54) is 17.7 Å². The van der Waals surface area contributed by atoms with E-state index in [0.717, 1.165) is 25.8 Å². The zero-order valence-electron chi connectivity index (χ0n) is 15.2. The Hall–Kier alpha value is -1.95. The number of likely N-dealkylation sites (tertiary alicyclic amines) is 1. The minimum absolute atomic E-state index is 0.225. The summed E-state index contributed by atoms with van der Waals surface area (Å²) in [5.41, 5.74) is 1.72. The second kappa shape index (κ2) is 7.58. The highest BCUT2D eigenvalue weighted by atomic mass is 19.1. The maximum absolute atomic E-state index is 13.6. The monoisotopic (exact) mass is 371 g/mol. The van der Waals surface area contributed by atoms with Crippen molar-refractivity contribution in [3.05, 3.63) is 65.5 Å². The molecule has 2 fully saturated rings. The lowest BCUT2D eigenvalue weighted by Gasteiger charge is -2.30. The third-order valence-corrected chi connectivity index (χ3v) is 6.21. The zero-order chi connectivity index (χ0) is 19.0. The van der Waals surface area contributed by atoms with Gasteiger partial charge in [-0.3, -0.25) is 4.90 Å². The number of rotatable bonds is 5. The van der Waals surface area contributed by atoms with Gasteiger partial charge in [0.2, 0.25) is 0 Å². The largest absolute Gasteiger partial charge is 0.505 e. The Morgan fingerprint density at radius 2 is 1.89 bits per heavy atom. The third-order valence-electron chi connectivity index (χ3n) is 6.21. The summed E-state index contributed by atoms with van der Waals surface area (Å²) in [7, 11) is 0. The predicted octanol–water partition coefficient (Wildman–Crippen LogP) is 2.88. The Labute approximate surface area is 158 Å². The van der Waals surface area contributed by atoms with Crippen molar-refractivity contribution in [3.8, 4) is 5.75 Å². The van der Waals surface area contributed by atoms with Crippen LogP contribution in [0.1, 0.15) is 30.1 Å². The number of aliphatic hydroxyl groups is 2. The van der Waals surface area contributed by atoms with Crippen LogP contribution < -0.4 is 0 Å². The van der Waals surface area contributed by atoms with Crippen molar-refractivity contribution in [1.29, 1.82) is 0 Å². The first kappa shape index (κ1) is 18.4. The standard InChI is InChI=1S/C22H26FNO3/c23-19-10-15(6-7-21(19)26)22(27)13-24-12-16-9-17(25)11-18(16)20(24)8-14-4-2-1-3-5-14/h1-7,10,16-18,20,22,25-27H,8-9,11-13H2/t16?,17?,18?,20?,22-/m1/s1. The number of nitrogens with zero attached hydrogens (tertiary/aromatic N) is 1. The third kappa shape index (κ3) is 3.86. The van der Waals surface area contributed by atoms with Crippen LogP contribution in [0.5, 0.6) is 5.75 Å². The number of halogens is 1. The van der Waals surface area contributed by atoms with E-state index in [4.69, 9.17) is 0 Å². The predicted molar refractivity (Wildman–Crippen MR) is 101 cm³/mol. The summed E-state index contributed by atoms with van der Waals surface area (Å²) >= 11 is 0. The Morgan fingerprint density at radius 1 is 1.11 bits per heavy atom. The first-order valence-electron chi connectivity index (χ1n) is 9.63. The van der Waals surface area contributed by atoms with E-state index in [1.54, 1.807) is 6.07 Å². The van der Waals surface area contributed by atoms with Crippen LogP contribution in [0.4, 0.5) is 4.39 Å². The van der Waals surface area contributed by atoms with Gasteiger partial charge in [0.25, 0.3) is 0 Å². The second-order valence-corrected chi connectivity index (χ2v) is 7.99. The molecule has 1 aliphatic carbocycles. The highest BCUT2D eigenvalue weighted by Crippen LogP contribution is 2.44. The van der Waals surface area contributed by atoms with Crippen LogP contribution in [0.25, 0.3) is 0 Å². The van der Waals surface area contributed by atoms with Gasteiger partial charge in [0.1, 0.15) is 0 Å². The van der Waals surface area contributed by atoms with E-state index in [-0.39, 0.29) is 12.1 Å². The minimum Gasteiger partial charge on any atom is -0.505 e. The lowest BCUT2D eigenvalue weighted by Crippen LogP contribution is -2.38. The summed E-state index contributed by atoms with van der Waals surface area (Å²) in [4.78, 5) is 2.30. The van der Waals surface area contributed by atoms with Crippen molar-refractivity contribution in [3.63, 3.8) is 0 Å². The van der Waals surface area contributed by atoms with Gasteiger partial charge in [-0.2, -0.15) is 0 Å². The molecule has 0 bridgehead atoms. The van der Waals surface area contributed by atoms with Crippen LogP contribution in [-0.4, -0.2) is 45.5 Å². The lowest BCUT2D eigenvalue weighted by molar-refractivity contribution is 0.0877. The smallest absolute Gasteiger partial charge is 0.165 e. The average molecular weight is 371 g/mol. The van der Waals surface area contributed by atoms with Gasteiger partial charge in [-0.1, -0.05) is 36.4 Å². The van der Waals surface area contributed by atoms with Crippen LogP contribution in [0.15, 0.2) is 48.5 Å². The summed E-state index contributed by atoms with van der Waals surface area (Å²) in [6, 6.07) is 14.6. The number of β-amino-alcohol motifs (C(OH)–C–C–N with tert-alkyl or cyclic N) is 1. The molecule has 1 aliphatic heterocycles. The van der Waals surface area contributed by atoms with Crippen LogP contribution in [0.2, 0.25) is 0 Å². The van der Waals surface area contributed by atoms with Crippen LogP contribution >= 0.6 is 0 Å². The number of phenolic OH excluding ortho intramolecular Hbond substituents is 1. The molecule has 0 spiro atoms.